The number of aryl methyl sites for hydroxylation is 2. The molecular formula is C19H20N4O3. The van der Waals surface area contributed by atoms with Gasteiger partial charge in [0, 0.05) is 0 Å². The molecule has 0 bridgehead atoms. The number of nitrogens with zero attached hydrogens (tertiary/aromatic N) is 2. The van der Waals surface area contributed by atoms with Crippen LogP contribution >= 0.6 is 0 Å². The average molecular weight is 352 g/mol. The molecule has 1 aromatic carbocycles. The Morgan fingerprint density at radius 1 is 1.12 bits per heavy atom. The highest BCUT2D eigenvalue weighted by Crippen LogP contribution is 2.22. The van der Waals surface area contributed by atoms with Crippen LogP contribution in [0.15, 0.2) is 47.1 Å². The summed E-state index contributed by atoms with van der Waals surface area (Å²) in [4.78, 5) is 24.0. The SMILES string of the molecule is Cc1ccc(-n2nc(C)c(NC(=O)CNC(=O)c3ccco3)c2C)cc1. The molecule has 0 aliphatic heterocycles. The third kappa shape index (κ3) is 3.66. The Morgan fingerprint density at radius 2 is 1.85 bits per heavy atom. The number of rotatable bonds is 5. The molecule has 7 nitrogen and oxygen atoms in total. The maximum absolute atomic E-state index is 12.2. The molecular weight excluding hydrogens is 332 g/mol. The Labute approximate surface area is 151 Å². The summed E-state index contributed by atoms with van der Waals surface area (Å²) >= 11 is 0. The van der Waals surface area contributed by atoms with Crippen LogP contribution < -0.4 is 10.6 Å². The molecule has 2 N–H and O–H groups in total. The number of carbonyl (C=O) groups excluding carboxylic acids is 2. The Kier molecular flexibility index (Phi) is 4.88. The third-order valence-electron chi connectivity index (χ3n) is 3.99. The first-order valence-electron chi connectivity index (χ1n) is 8.20. The molecule has 26 heavy (non-hydrogen) atoms. The minimum absolute atomic E-state index is 0.159. The molecule has 0 atom stereocenters. The number of hydrogen-bond acceptors (Lipinski definition) is 4. The quantitative estimate of drug-likeness (QED) is 0.739. The smallest absolute Gasteiger partial charge is 0.287 e. The fourth-order valence-corrected chi connectivity index (χ4v) is 2.60. The van der Waals surface area contributed by atoms with Crippen molar-refractivity contribution < 1.29 is 14.0 Å². The number of aromatic nitrogens is 2. The number of furan rings is 1. The van der Waals surface area contributed by atoms with Crippen LogP contribution in [0.2, 0.25) is 0 Å². The van der Waals surface area contributed by atoms with Crippen LogP contribution in [-0.4, -0.2) is 28.1 Å². The van der Waals surface area contributed by atoms with Crippen LogP contribution in [0.3, 0.4) is 0 Å². The van der Waals surface area contributed by atoms with Gasteiger partial charge in [0.2, 0.25) is 5.91 Å². The molecule has 0 radical (unpaired) electrons. The predicted molar refractivity (Wildman–Crippen MR) is 97.4 cm³/mol. The third-order valence-corrected chi connectivity index (χ3v) is 3.99. The van der Waals surface area contributed by atoms with E-state index >= 15 is 0 Å². The summed E-state index contributed by atoms with van der Waals surface area (Å²) in [5, 5.41) is 9.83. The Bertz CT molecular complexity index is 925. The molecule has 2 aromatic heterocycles. The minimum atomic E-state index is -0.436. The van der Waals surface area contributed by atoms with E-state index in [9.17, 15) is 9.59 Å². The predicted octanol–water partition coefficient (Wildman–Crippen LogP) is 2.76. The molecule has 0 aliphatic carbocycles. The molecule has 0 unspecified atom stereocenters. The second-order valence-corrected chi connectivity index (χ2v) is 6.00. The first kappa shape index (κ1) is 17.5. The van der Waals surface area contributed by atoms with Gasteiger partial charge in [0.05, 0.1) is 35.6 Å². The molecule has 2 heterocycles. The van der Waals surface area contributed by atoms with E-state index in [0.717, 1.165) is 16.9 Å². The molecule has 0 spiro atoms. The Hall–Kier alpha value is -3.35. The lowest BCUT2D eigenvalue weighted by Gasteiger charge is -2.08. The van der Waals surface area contributed by atoms with Gasteiger partial charge in [-0.25, -0.2) is 4.68 Å². The second-order valence-electron chi connectivity index (χ2n) is 6.00. The fourth-order valence-electron chi connectivity index (χ4n) is 2.60. The van der Waals surface area contributed by atoms with Crippen LogP contribution in [0.25, 0.3) is 5.69 Å². The Balaban J connectivity index is 1.68. The lowest BCUT2D eigenvalue weighted by Crippen LogP contribution is -2.32. The molecule has 2 amide bonds. The first-order chi connectivity index (χ1) is 12.5. The average Bonchev–Trinajstić information content (AvgIpc) is 3.25. The summed E-state index contributed by atoms with van der Waals surface area (Å²) in [6.45, 7) is 5.58. The molecule has 0 aliphatic rings. The molecule has 3 rings (SSSR count). The van der Waals surface area contributed by atoms with Crippen molar-refractivity contribution in [2.75, 3.05) is 11.9 Å². The van der Waals surface area contributed by atoms with Crippen molar-refractivity contribution in [2.24, 2.45) is 0 Å². The van der Waals surface area contributed by atoms with Gasteiger partial charge >= 0.3 is 0 Å². The molecule has 0 saturated heterocycles. The first-order valence-corrected chi connectivity index (χ1v) is 8.20. The van der Waals surface area contributed by atoms with Gasteiger partial charge < -0.3 is 15.1 Å². The van der Waals surface area contributed by atoms with Crippen LogP contribution in [0.1, 0.15) is 27.5 Å². The van der Waals surface area contributed by atoms with Crippen molar-refractivity contribution in [3.05, 3.63) is 65.4 Å². The van der Waals surface area contributed by atoms with E-state index < -0.39 is 5.91 Å². The number of nitrogens with one attached hydrogen (secondary N) is 2. The van der Waals surface area contributed by atoms with Gasteiger partial charge in [0.15, 0.2) is 5.76 Å². The van der Waals surface area contributed by atoms with Gasteiger partial charge in [-0.1, -0.05) is 17.7 Å². The normalized spacial score (nSPS) is 10.6. The van der Waals surface area contributed by atoms with E-state index in [0.29, 0.717) is 11.4 Å². The van der Waals surface area contributed by atoms with Gasteiger partial charge in [0.1, 0.15) is 0 Å². The summed E-state index contributed by atoms with van der Waals surface area (Å²) < 4.78 is 6.77. The molecule has 0 fully saturated rings. The minimum Gasteiger partial charge on any atom is -0.459 e. The van der Waals surface area contributed by atoms with Crippen LogP contribution in [-0.2, 0) is 4.79 Å². The highest BCUT2D eigenvalue weighted by molar-refractivity contribution is 5.98. The van der Waals surface area contributed by atoms with Crippen molar-refractivity contribution in [3.8, 4) is 5.69 Å². The molecule has 7 heteroatoms. The van der Waals surface area contributed by atoms with Crippen LogP contribution in [0.5, 0.6) is 0 Å². The molecule has 3 aromatic rings. The number of hydrogen-bond donors (Lipinski definition) is 2. The highest BCUT2D eigenvalue weighted by Gasteiger charge is 2.16. The molecule has 0 saturated carbocycles. The summed E-state index contributed by atoms with van der Waals surface area (Å²) in [5.74, 6) is -0.606. The second kappa shape index (κ2) is 7.26. The van der Waals surface area contributed by atoms with Crippen molar-refractivity contribution in [1.82, 2.24) is 15.1 Å². The largest absolute Gasteiger partial charge is 0.459 e. The van der Waals surface area contributed by atoms with E-state index in [-0.39, 0.29) is 18.2 Å². The van der Waals surface area contributed by atoms with Crippen molar-refractivity contribution >= 4 is 17.5 Å². The van der Waals surface area contributed by atoms with Gasteiger partial charge in [-0.2, -0.15) is 5.10 Å². The number of amides is 2. The standard InChI is InChI=1S/C19H20N4O3/c1-12-6-8-15(9-7-12)23-14(3)18(13(2)22-23)21-17(24)11-20-19(25)16-5-4-10-26-16/h4-10H,11H2,1-3H3,(H,20,25)(H,21,24). The lowest BCUT2D eigenvalue weighted by molar-refractivity contribution is -0.115. The Morgan fingerprint density at radius 3 is 2.50 bits per heavy atom. The number of benzene rings is 1. The van der Waals surface area contributed by atoms with Crippen molar-refractivity contribution in [3.63, 3.8) is 0 Å². The zero-order chi connectivity index (χ0) is 18.7. The van der Waals surface area contributed by atoms with E-state index in [1.807, 2.05) is 45.0 Å². The summed E-state index contributed by atoms with van der Waals surface area (Å²) in [6, 6.07) is 11.1. The number of anilines is 1. The highest BCUT2D eigenvalue weighted by atomic mass is 16.3. The zero-order valence-corrected chi connectivity index (χ0v) is 14.9. The monoisotopic (exact) mass is 352 g/mol. The van der Waals surface area contributed by atoms with E-state index in [2.05, 4.69) is 15.7 Å². The topological polar surface area (TPSA) is 89.2 Å². The number of carbonyl (C=O) groups is 2. The van der Waals surface area contributed by atoms with Gasteiger partial charge in [-0.05, 0) is 45.0 Å². The lowest BCUT2D eigenvalue weighted by atomic mass is 10.2. The summed E-state index contributed by atoms with van der Waals surface area (Å²) in [7, 11) is 0. The van der Waals surface area contributed by atoms with Crippen molar-refractivity contribution in [2.45, 2.75) is 20.8 Å². The van der Waals surface area contributed by atoms with Crippen LogP contribution in [0, 0.1) is 20.8 Å². The maximum atomic E-state index is 12.2. The maximum Gasteiger partial charge on any atom is 0.287 e. The van der Waals surface area contributed by atoms with Gasteiger partial charge in [-0.3, -0.25) is 9.59 Å². The van der Waals surface area contributed by atoms with E-state index in [1.54, 1.807) is 10.7 Å². The van der Waals surface area contributed by atoms with E-state index in [4.69, 9.17) is 4.42 Å². The summed E-state index contributed by atoms with van der Waals surface area (Å²) in [5.41, 5.74) is 4.24. The molecule has 134 valence electrons. The zero-order valence-electron chi connectivity index (χ0n) is 14.9. The van der Waals surface area contributed by atoms with Crippen molar-refractivity contribution in [1.29, 1.82) is 0 Å². The fraction of sp³-hybridized carbons (Fsp3) is 0.211. The summed E-state index contributed by atoms with van der Waals surface area (Å²) in [6.07, 6.45) is 1.40. The van der Waals surface area contributed by atoms with E-state index in [1.165, 1.54) is 12.3 Å². The van der Waals surface area contributed by atoms with Gasteiger partial charge in [-0.15, -0.1) is 0 Å². The van der Waals surface area contributed by atoms with Crippen LogP contribution in [0.4, 0.5) is 5.69 Å². The van der Waals surface area contributed by atoms with Gasteiger partial charge in [0.25, 0.3) is 5.91 Å².